The Bertz CT molecular complexity index is 548. The molecule has 0 unspecified atom stereocenters. The smallest absolute Gasteiger partial charge is 0.162 e. The van der Waals surface area contributed by atoms with E-state index in [1.165, 1.54) is 0 Å². The molecule has 4 nitrogen and oxygen atoms in total. The van der Waals surface area contributed by atoms with Crippen molar-refractivity contribution in [2.24, 2.45) is 0 Å². The van der Waals surface area contributed by atoms with E-state index in [1.807, 2.05) is 30.3 Å². The number of nitrogens with zero attached hydrogens (tertiary/aromatic N) is 3. The van der Waals surface area contributed by atoms with E-state index in [1.54, 1.807) is 24.7 Å². The van der Waals surface area contributed by atoms with E-state index < -0.39 is 0 Å². The summed E-state index contributed by atoms with van der Waals surface area (Å²) in [6.45, 7) is 0. The highest BCUT2D eigenvalue weighted by Crippen LogP contribution is 2.26. The van der Waals surface area contributed by atoms with Crippen LogP contribution in [0.2, 0.25) is 0 Å². The van der Waals surface area contributed by atoms with Crippen molar-refractivity contribution in [1.82, 2.24) is 20.2 Å². The van der Waals surface area contributed by atoms with Gasteiger partial charge in [0.1, 0.15) is 0 Å². The van der Waals surface area contributed by atoms with Crippen LogP contribution in [0, 0.1) is 0 Å². The van der Waals surface area contributed by atoms with Gasteiger partial charge in [-0.05, 0) is 6.07 Å². The summed E-state index contributed by atoms with van der Waals surface area (Å²) in [5.41, 5.74) is 2.93. The van der Waals surface area contributed by atoms with Gasteiger partial charge in [0.05, 0.1) is 17.5 Å². The van der Waals surface area contributed by atoms with Crippen molar-refractivity contribution in [2.45, 2.75) is 0 Å². The predicted molar refractivity (Wildman–Crippen MR) is 65.0 cm³/mol. The van der Waals surface area contributed by atoms with E-state index in [0.29, 0.717) is 5.82 Å². The minimum Gasteiger partial charge on any atom is -0.277 e. The SMILES string of the molecule is c1ccc(-c2[nH]ncc2-c2ncccn2)cc1. The van der Waals surface area contributed by atoms with Gasteiger partial charge in [-0.2, -0.15) is 5.10 Å². The Balaban J connectivity index is 2.13. The van der Waals surface area contributed by atoms with Gasteiger partial charge in [-0.25, -0.2) is 9.97 Å². The monoisotopic (exact) mass is 222 g/mol. The van der Waals surface area contributed by atoms with Crippen LogP contribution in [0.5, 0.6) is 0 Å². The fourth-order valence-corrected chi connectivity index (χ4v) is 1.72. The largest absolute Gasteiger partial charge is 0.277 e. The molecular weight excluding hydrogens is 212 g/mol. The molecule has 0 fully saturated rings. The summed E-state index contributed by atoms with van der Waals surface area (Å²) in [7, 11) is 0. The van der Waals surface area contributed by atoms with Gasteiger partial charge in [-0.3, -0.25) is 5.10 Å². The molecule has 0 aliphatic rings. The molecule has 0 saturated heterocycles. The third-order valence-corrected chi connectivity index (χ3v) is 2.51. The average molecular weight is 222 g/mol. The zero-order valence-corrected chi connectivity index (χ0v) is 9.04. The van der Waals surface area contributed by atoms with Crippen molar-refractivity contribution in [1.29, 1.82) is 0 Å². The second-order valence-corrected chi connectivity index (χ2v) is 3.60. The third kappa shape index (κ3) is 1.80. The molecule has 0 aliphatic carbocycles. The van der Waals surface area contributed by atoms with Crippen molar-refractivity contribution < 1.29 is 0 Å². The van der Waals surface area contributed by atoms with E-state index in [-0.39, 0.29) is 0 Å². The van der Waals surface area contributed by atoms with Crippen LogP contribution in [0.3, 0.4) is 0 Å². The molecule has 4 heteroatoms. The molecular formula is C13H10N4. The topological polar surface area (TPSA) is 54.5 Å². The van der Waals surface area contributed by atoms with Crippen LogP contribution in [0.4, 0.5) is 0 Å². The Labute approximate surface area is 98.4 Å². The van der Waals surface area contributed by atoms with Gasteiger partial charge in [-0.15, -0.1) is 0 Å². The Hall–Kier alpha value is -2.49. The van der Waals surface area contributed by atoms with E-state index in [4.69, 9.17) is 0 Å². The lowest BCUT2D eigenvalue weighted by atomic mass is 10.1. The van der Waals surface area contributed by atoms with Gasteiger partial charge in [0.25, 0.3) is 0 Å². The van der Waals surface area contributed by atoms with Crippen LogP contribution in [-0.4, -0.2) is 20.2 Å². The molecule has 0 amide bonds. The number of aromatic nitrogens is 4. The highest BCUT2D eigenvalue weighted by atomic mass is 15.1. The van der Waals surface area contributed by atoms with E-state index in [9.17, 15) is 0 Å². The summed E-state index contributed by atoms with van der Waals surface area (Å²) in [5.74, 6) is 0.681. The number of benzene rings is 1. The van der Waals surface area contributed by atoms with Crippen LogP contribution in [-0.2, 0) is 0 Å². The molecule has 82 valence electrons. The predicted octanol–water partition coefficient (Wildman–Crippen LogP) is 2.53. The summed E-state index contributed by atoms with van der Waals surface area (Å²) in [5, 5.41) is 7.06. The molecule has 3 aromatic rings. The molecule has 1 aromatic carbocycles. The molecule has 2 heterocycles. The van der Waals surface area contributed by atoms with Crippen molar-refractivity contribution in [2.75, 3.05) is 0 Å². The lowest BCUT2D eigenvalue weighted by Crippen LogP contribution is -1.88. The van der Waals surface area contributed by atoms with Crippen molar-refractivity contribution in [3.63, 3.8) is 0 Å². The number of hydrogen-bond acceptors (Lipinski definition) is 3. The van der Waals surface area contributed by atoms with Crippen LogP contribution >= 0.6 is 0 Å². The lowest BCUT2D eigenvalue weighted by molar-refractivity contribution is 1.10. The first-order valence-electron chi connectivity index (χ1n) is 5.31. The molecule has 2 aromatic heterocycles. The maximum atomic E-state index is 4.24. The number of aromatic amines is 1. The summed E-state index contributed by atoms with van der Waals surface area (Å²) >= 11 is 0. The van der Waals surface area contributed by atoms with Gasteiger partial charge in [-0.1, -0.05) is 30.3 Å². The summed E-state index contributed by atoms with van der Waals surface area (Å²) in [6, 6.07) is 11.8. The van der Waals surface area contributed by atoms with Gasteiger partial charge in [0.2, 0.25) is 0 Å². The number of hydrogen-bond donors (Lipinski definition) is 1. The van der Waals surface area contributed by atoms with E-state index >= 15 is 0 Å². The Kier molecular flexibility index (Phi) is 2.38. The first-order chi connectivity index (χ1) is 8.45. The zero-order valence-electron chi connectivity index (χ0n) is 9.04. The quantitative estimate of drug-likeness (QED) is 0.724. The molecule has 1 N–H and O–H groups in total. The van der Waals surface area contributed by atoms with Gasteiger partial charge < -0.3 is 0 Å². The summed E-state index contributed by atoms with van der Waals surface area (Å²) < 4.78 is 0. The van der Waals surface area contributed by atoms with Crippen LogP contribution in [0.15, 0.2) is 55.0 Å². The molecule has 0 aliphatic heterocycles. The van der Waals surface area contributed by atoms with Crippen molar-refractivity contribution in [3.05, 3.63) is 55.0 Å². The maximum Gasteiger partial charge on any atom is 0.162 e. The van der Waals surface area contributed by atoms with E-state index in [2.05, 4.69) is 20.2 Å². The van der Waals surface area contributed by atoms with Crippen molar-refractivity contribution in [3.8, 4) is 22.6 Å². The molecule has 0 bridgehead atoms. The second-order valence-electron chi connectivity index (χ2n) is 3.60. The van der Waals surface area contributed by atoms with Crippen molar-refractivity contribution >= 4 is 0 Å². The molecule has 0 atom stereocenters. The summed E-state index contributed by atoms with van der Waals surface area (Å²) in [4.78, 5) is 8.47. The van der Waals surface area contributed by atoms with Gasteiger partial charge >= 0.3 is 0 Å². The number of rotatable bonds is 2. The van der Waals surface area contributed by atoms with Crippen LogP contribution < -0.4 is 0 Å². The van der Waals surface area contributed by atoms with Gasteiger partial charge in [0, 0.05) is 18.0 Å². The second kappa shape index (κ2) is 4.17. The number of H-pyrrole nitrogens is 1. The molecule has 0 radical (unpaired) electrons. The minimum absolute atomic E-state index is 0.681. The zero-order chi connectivity index (χ0) is 11.5. The van der Waals surface area contributed by atoms with E-state index in [0.717, 1.165) is 16.8 Å². The Morgan fingerprint density at radius 3 is 2.41 bits per heavy atom. The fourth-order valence-electron chi connectivity index (χ4n) is 1.72. The molecule has 0 saturated carbocycles. The highest BCUT2D eigenvalue weighted by molar-refractivity contribution is 5.76. The standard InChI is InChI=1S/C13H10N4/c1-2-5-10(6-3-1)12-11(9-16-17-12)13-14-7-4-8-15-13/h1-9H,(H,16,17). The first-order valence-corrected chi connectivity index (χ1v) is 5.31. The minimum atomic E-state index is 0.681. The first kappa shape index (κ1) is 9.72. The number of nitrogens with one attached hydrogen (secondary N) is 1. The fraction of sp³-hybridized carbons (Fsp3) is 0. The molecule has 3 rings (SSSR count). The molecule has 17 heavy (non-hydrogen) atoms. The highest BCUT2D eigenvalue weighted by Gasteiger charge is 2.10. The van der Waals surface area contributed by atoms with Crippen LogP contribution in [0.25, 0.3) is 22.6 Å². The molecule has 0 spiro atoms. The Morgan fingerprint density at radius 2 is 1.65 bits per heavy atom. The maximum absolute atomic E-state index is 4.24. The third-order valence-electron chi connectivity index (χ3n) is 2.51. The van der Waals surface area contributed by atoms with Gasteiger partial charge in [0.15, 0.2) is 5.82 Å². The summed E-state index contributed by atoms with van der Waals surface area (Å²) in [6.07, 6.45) is 5.20. The van der Waals surface area contributed by atoms with Crippen LogP contribution in [0.1, 0.15) is 0 Å². The Morgan fingerprint density at radius 1 is 0.882 bits per heavy atom. The normalized spacial score (nSPS) is 10.4. The average Bonchev–Trinajstić information content (AvgIpc) is 2.90. The lowest BCUT2D eigenvalue weighted by Gasteiger charge is -2.01.